The van der Waals surface area contributed by atoms with Gasteiger partial charge in [0, 0.05) is 30.3 Å². The van der Waals surface area contributed by atoms with Crippen LogP contribution >= 0.6 is 11.8 Å². The number of hydrogen-bond acceptors (Lipinski definition) is 6. The Hall–Kier alpha value is -3.07. The molecule has 0 aliphatic carbocycles. The topological polar surface area (TPSA) is 69.9 Å². The average molecular weight is 430 g/mol. The minimum Gasteiger partial charge on any atom is -0.496 e. The predicted octanol–water partition coefficient (Wildman–Crippen LogP) is 4.65. The maximum Gasteiger partial charge on any atom is 0.280 e. The Balaban J connectivity index is 1.76. The number of alkyl halides is 2. The number of ether oxygens (including phenoxy) is 1. The van der Waals surface area contributed by atoms with Crippen LogP contribution in [0.25, 0.3) is 6.08 Å². The van der Waals surface area contributed by atoms with Gasteiger partial charge in [-0.1, -0.05) is 23.9 Å². The second-order valence-electron chi connectivity index (χ2n) is 6.48. The van der Waals surface area contributed by atoms with Crippen molar-refractivity contribution in [1.82, 2.24) is 19.7 Å². The van der Waals surface area contributed by atoms with E-state index in [4.69, 9.17) is 4.74 Å². The maximum absolute atomic E-state index is 13.0. The molecule has 0 bridgehead atoms. The number of carbonyl (C=O) groups excluding carboxylic acids is 1. The number of aromatic nitrogens is 4. The molecule has 0 amide bonds. The molecule has 0 unspecified atom stereocenters. The number of benzene rings is 1. The molecule has 1 aromatic carbocycles. The Morgan fingerprint density at radius 1 is 1.30 bits per heavy atom. The van der Waals surface area contributed by atoms with E-state index in [2.05, 4.69) is 15.1 Å². The molecule has 156 valence electrons. The van der Waals surface area contributed by atoms with Crippen LogP contribution < -0.4 is 4.74 Å². The highest BCUT2D eigenvalue weighted by Gasteiger charge is 2.13. The quantitative estimate of drug-likeness (QED) is 0.224. The molecule has 0 spiro atoms. The van der Waals surface area contributed by atoms with Gasteiger partial charge in [-0.05, 0) is 36.8 Å². The van der Waals surface area contributed by atoms with Crippen LogP contribution in [0.15, 0.2) is 47.9 Å². The van der Waals surface area contributed by atoms with Gasteiger partial charge in [0.1, 0.15) is 11.4 Å². The number of aryl methyl sites for hydroxylation is 2. The average Bonchev–Trinajstić information content (AvgIpc) is 3.16. The molecule has 0 aliphatic heterocycles. The highest BCUT2D eigenvalue weighted by atomic mass is 32.2. The minimum absolute atomic E-state index is 0.150. The van der Waals surface area contributed by atoms with Crippen molar-refractivity contribution in [2.24, 2.45) is 7.05 Å². The minimum atomic E-state index is -2.65. The molecular formula is C21H20F2N4O2S. The van der Waals surface area contributed by atoms with Crippen molar-refractivity contribution >= 4 is 23.6 Å². The zero-order chi connectivity index (χ0) is 21.7. The molecule has 2 aromatic heterocycles. The van der Waals surface area contributed by atoms with E-state index in [1.165, 1.54) is 30.1 Å². The Labute approximate surface area is 177 Å². The van der Waals surface area contributed by atoms with Crippen LogP contribution in [-0.4, -0.2) is 32.6 Å². The third-order valence-electron chi connectivity index (χ3n) is 4.15. The summed E-state index contributed by atoms with van der Waals surface area (Å²) in [4.78, 5) is 20.4. The monoisotopic (exact) mass is 430 g/mol. The maximum atomic E-state index is 13.0. The van der Waals surface area contributed by atoms with Crippen molar-refractivity contribution in [3.05, 3.63) is 70.8 Å². The molecule has 6 nitrogen and oxygen atoms in total. The smallest absolute Gasteiger partial charge is 0.280 e. The molecule has 2 heterocycles. The molecule has 0 saturated carbocycles. The molecular weight excluding hydrogens is 410 g/mol. The van der Waals surface area contributed by atoms with Gasteiger partial charge in [-0.25, -0.2) is 18.7 Å². The fourth-order valence-electron chi connectivity index (χ4n) is 2.72. The number of hydrogen-bond donors (Lipinski definition) is 0. The van der Waals surface area contributed by atoms with E-state index in [-0.39, 0.29) is 16.6 Å². The fraction of sp³-hybridized carbons (Fsp3) is 0.238. The third kappa shape index (κ3) is 5.50. The molecule has 30 heavy (non-hydrogen) atoms. The lowest BCUT2D eigenvalue weighted by Gasteiger charge is -2.10. The van der Waals surface area contributed by atoms with Crippen LogP contribution in [-0.2, 0) is 12.8 Å². The number of methoxy groups -OCH3 is 1. The summed E-state index contributed by atoms with van der Waals surface area (Å²) >= 11 is 1.24. The van der Waals surface area contributed by atoms with Crippen molar-refractivity contribution in [3.8, 4) is 5.75 Å². The van der Waals surface area contributed by atoms with Crippen molar-refractivity contribution in [2.75, 3.05) is 7.11 Å². The number of ketones is 1. The summed E-state index contributed by atoms with van der Waals surface area (Å²) in [7, 11) is 3.30. The number of allylic oxidation sites excluding steroid dienone is 1. The molecule has 0 saturated heterocycles. The van der Waals surface area contributed by atoms with Gasteiger partial charge in [0.25, 0.3) is 6.43 Å². The SMILES string of the molecule is COc1ccc(/C=C/C(=O)c2cnn(C)c2)cc1CSc1nc(C)cc(C(F)F)n1. The summed E-state index contributed by atoms with van der Waals surface area (Å²) in [6, 6.07) is 6.78. The zero-order valence-electron chi connectivity index (χ0n) is 16.7. The van der Waals surface area contributed by atoms with Gasteiger partial charge in [-0.15, -0.1) is 0 Å². The van der Waals surface area contributed by atoms with E-state index < -0.39 is 6.43 Å². The normalized spacial score (nSPS) is 11.4. The number of rotatable bonds is 8. The molecule has 0 fully saturated rings. The van der Waals surface area contributed by atoms with Crippen LogP contribution in [0.3, 0.4) is 0 Å². The largest absolute Gasteiger partial charge is 0.496 e. The first-order valence-electron chi connectivity index (χ1n) is 9.00. The summed E-state index contributed by atoms with van der Waals surface area (Å²) < 4.78 is 32.9. The lowest BCUT2D eigenvalue weighted by molar-refractivity contribution is 0.104. The van der Waals surface area contributed by atoms with Gasteiger partial charge in [0.05, 0.1) is 18.9 Å². The molecule has 3 aromatic rings. The predicted molar refractivity (Wildman–Crippen MR) is 111 cm³/mol. The van der Waals surface area contributed by atoms with Gasteiger partial charge < -0.3 is 4.74 Å². The standard InChI is InChI=1S/C21H20F2N4O2S/c1-13-8-17(20(22)23)26-21(25-13)30-12-15-9-14(5-7-19(15)29-3)4-6-18(28)16-10-24-27(2)11-16/h4-11,20H,12H2,1-3H3/b6-4+. The van der Waals surface area contributed by atoms with E-state index in [0.717, 1.165) is 11.1 Å². The molecule has 0 radical (unpaired) electrons. The Morgan fingerprint density at radius 2 is 2.10 bits per heavy atom. The van der Waals surface area contributed by atoms with Crippen molar-refractivity contribution in [3.63, 3.8) is 0 Å². The van der Waals surface area contributed by atoms with Crippen molar-refractivity contribution in [2.45, 2.75) is 24.3 Å². The lowest BCUT2D eigenvalue weighted by atomic mass is 10.1. The summed E-state index contributed by atoms with van der Waals surface area (Å²) in [6.45, 7) is 1.66. The third-order valence-corrected chi connectivity index (χ3v) is 5.05. The molecule has 9 heteroatoms. The number of halogens is 2. The first-order valence-corrected chi connectivity index (χ1v) is 9.99. The van der Waals surface area contributed by atoms with Crippen LogP contribution in [0, 0.1) is 6.92 Å². The van der Waals surface area contributed by atoms with Crippen LogP contribution in [0.2, 0.25) is 0 Å². The molecule has 0 atom stereocenters. The van der Waals surface area contributed by atoms with Crippen molar-refractivity contribution in [1.29, 1.82) is 0 Å². The van der Waals surface area contributed by atoms with Gasteiger partial charge in [0.15, 0.2) is 10.9 Å². The van der Waals surface area contributed by atoms with Crippen LogP contribution in [0.5, 0.6) is 5.75 Å². The summed E-state index contributed by atoms with van der Waals surface area (Å²) in [5, 5.41) is 4.27. The molecule has 0 N–H and O–H groups in total. The van der Waals surface area contributed by atoms with E-state index in [1.54, 1.807) is 44.1 Å². The number of nitrogens with zero attached hydrogens (tertiary/aromatic N) is 4. The lowest BCUT2D eigenvalue weighted by Crippen LogP contribution is -1.98. The molecule has 0 aliphatic rings. The highest BCUT2D eigenvalue weighted by molar-refractivity contribution is 7.98. The van der Waals surface area contributed by atoms with Crippen LogP contribution in [0.1, 0.15) is 39.3 Å². The Kier molecular flexibility index (Phi) is 6.94. The molecule has 3 rings (SSSR count). The van der Waals surface area contributed by atoms with E-state index in [1.807, 2.05) is 12.1 Å². The fourth-order valence-corrected chi connectivity index (χ4v) is 3.60. The summed E-state index contributed by atoms with van der Waals surface area (Å²) in [6.07, 6.45) is 3.71. The van der Waals surface area contributed by atoms with Gasteiger partial charge in [-0.2, -0.15) is 5.10 Å². The first-order chi connectivity index (χ1) is 14.4. The van der Waals surface area contributed by atoms with E-state index >= 15 is 0 Å². The van der Waals surface area contributed by atoms with Gasteiger partial charge in [-0.3, -0.25) is 9.48 Å². The number of carbonyl (C=O) groups is 1. The Bertz CT molecular complexity index is 1080. The second-order valence-corrected chi connectivity index (χ2v) is 7.42. The van der Waals surface area contributed by atoms with E-state index in [9.17, 15) is 13.6 Å². The second kappa shape index (κ2) is 9.62. The van der Waals surface area contributed by atoms with Gasteiger partial charge >= 0.3 is 0 Å². The van der Waals surface area contributed by atoms with Crippen LogP contribution in [0.4, 0.5) is 8.78 Å². The van der Waals surface area contributed by atoms with E-state index in [0.29, 0.717) is 22.8 Å². The highest BCUT2D eigenvalue weighted by Crippen LogP contribution is 2.29. The van der Waals surface area contributed by atoms with Gasteiger partial charge in [0.2, 0.25) is 0 Å². The Morgan fingerprint density at radius 3 is 2.77 bits per heavy atom. The zero-order valence-corrected chi connectivity index (χ0v) is 17.5. The summed E-state index contributed by atoms with van der Waals surface area (Å²) in [5.74, 6) is 0.926. The van der Waals surface area contributed by atoms with Crippen molar-refractivity contribution < 1.29 is 18.3 Å². The first kappa shape index (κ1) is 21.6. The number of thioether (sulfide) groups is 1. The summed E-state index contributed by atoms with van der Waals surface area (Å²) in [5.41, 5.74) is 2.34.